The molecule has 284 valence electrons. The van der Waals surface area contributed by atoms with Crippen molar-refractivity contribution < 1.29 is 4.42 Å². The van der Waals surface area contributed by atoms with Crippen LogP contribution in [0.2, 0.25) is 0 Å². The summed E-state index contributed by atoms with van der Waals surface area (Å²) in [5.74, 6) is 0.226. The fraction of sp³-hybridized carbons (Fsp3) is 0.0909. The summed E-state index contributed by atoms with van der Waals surface area (Å²) in [4.78, 5) is 6.46. The zero-order valence-corrected chi connectivity index (χ0v) is 33.3. The molecule has 4 heteroatoms. The first-order valence-corrected chi connectivity index (χ1v) is 21.4. The lowest BCUT2D eigenvalue weighted by molar-refractivity contribution is 0.504. The minimum atomic E-state index is 0.00871. The summed E-state index contributed by atoms with van der Waals surface area (Å²) in [5, 5.41) is 2.56. The van der Waals surface area contributed by atoms with E-state index in [9.17, 15) is 0 Å². The van der Waals surface area contributed by atoms with Gasteiger partial charge in [0.25, 0.3) is 0 Å². The molecule has 3 nitrogen and oxygen atoms in total. The first-order chi connectivity index (χ1) is 29.3. The fourth-order valence-electron chi connectivity index (χ4n) is 9.68. The highest BCUT2D eigenvalue weighted by Crippen LogP contribution is 2.56. The van der Waals surface area contributed by atoms with Gasteiger partial charge in [0.05, 0.1) is 0 Å². The van der Waals surface area contributed by atoms with Crippen LogP contribution >= 0.6 is 11.8 Å². The molecule has 0 saturated carbocycles. The molecule has 4 atom stereocenters. The van der Waals surface area contributed by atoms with Crippen LogP contribution < -0.4 is 9.80 Å². The molecule has 2 heterocycles. The van der Waals surface area contributed by atoms with Crippen molar-refractivity contribution in [3.8, 4) is 0 Å². The van der Waals surface area contributed by atoms with Gasteiger partial charge in [0, 0.05) is 73.7 Å². The monoisotopic (exact) mass is 778 g/mol. The van der Waals surface area contributed by atoms with Crippen LogP contribution in [-0.2, 0) is 0 Å². The van der Waals surface area contributed by atoms with E-state index in [0.717, 1.165) is 23.0 Å². The smallest absolute Gasteiger partial charge is 0.135 e. The van der Waals surface area contributed by atoms with Gasteiger partial charge in [0.15, 0.2) is 0 Å². The first kappa shape index (κ1) is 35.4. The maximum Gasteiger partial charge on any atom is 0.135 e. The molecule has 0 spiro atoms. The van der Waals surface area contributed by atoms with Crippen LogP contribution in [-0.4, -0.2) is 11.3 Å². The van der Waals surface area contributed by atoms with Crippen molar-refractivity contribution in [2.24, 2.45) is 0 Å². The van der Waals surface area contributed by atoms with Crippen LogP contribution in [0.25, 0.3) is 21.9 Å². The number of anilines is 4. The quantitative estimate of drug-likeness (QED) is 0.136. The minimum absolute atomic E-state index is 0.00871. The van der Waals surface area contributed by atoms with Gasteiger partial charge in [-0.3, -0.25) is 0 Å². The zero-order chi connectivity index (χ0) is 39.1. The van der Waals surface area contributed by atoms with Crippen molar-refractivity contribution in [1.29, 1.82) is 0 Å². The zero-order valence-electron chi connectivity index (χ0n) is 32.5. The number of rotatable bonds is 9. The highest BCUT2D eigenvalue weighted by Gasteiger charge is 2.45. The minimum Gasteiger partial charge on any atom is -0.456 e. The molecular weight excluding hydrogens is 737 g/mol. The molecule has 1 aliphatic carbocycles. The van der Waals surface area contributed by atoms with Crippen LogP contribution in [0.3, 0.4) is 0 Å². The van der Waals surface area contributed by atoms with Crippen LogP contribution in [0.15, 0.2) is 233 Å². The Morgan fingerprint density at radius 3 is 1.71 bits per heavy atom. The van der Waals surface area contributed by atoms with Gasteiger partial charge in [-0.15, -0.1) is 11.8 Å². The molecule has 0 saturated heterocycles. The molecule has 9 aromatic rings. The molecule has 1 aromatic heterocycles. The lowest BCUT2D eigenvalue weighted by atomic mass is 9.77. The van der Waals surface area contributed by atoms with Crippen molar-refractivity contribution in [1.82, 2.24) is 0 Å². The first-order valence-electron chi connectivity index (χ1n) is 20.5. The van der Waals surface area contributed by atoms with Gasteiger partial charge in [0.1, 0.15) is 11.2 Å². The third kappa shape index (κ3) is 6.41. The van der Waals surface area contributed by atoms with Crippen molar-refractivity contribution in [3.05, 3.63) is 246 Å². The number of thioether (sulfide) groups is 1. The van der Waals surface area contributed by atoms with Crippen LogP contribution in [0, 0.1) is 0 Å². The Labute approximate surface area is 349 Å². The Morgan fingerprint density at radius 2 is 1.07 bits per heavy atom. The molecule has 0 fully saturated rings. The van der Waals surface area contributed by atoms with Gasteiger partial charge in [-0.1, -0.05) is 152 Å². The van der Waals surface area contributed by atoms with E-state index < -0.39 is 0 Å². The Balaban J connectivity index is 1.11. The van der Waals surface area contributed by atoms with Gasteiger partial charge in [0.2, 0.25) is 0 Å². The molecule has 0 N–H and O–H groups in total. The Morgan fingerprint density at radius 1 is 0.508 bits per heavy atom. The maximum atomic E-state index is 6.46. The molecule has 8 aromatic carbocycles. The van der Waals surface area contributed by atoms with E-state index in [1.807, 2.05) is 11.8 Å². The Kier molecular flexibility index (Phi) is 9.13. The number of furan rings is 1. The van der Waals surface area contributed by atoms with E-state index in [1.54, 1.807) is 0 Å². The molecule has 1 aliphatic heterocycles. The summed E-state index contributed by atoms with van der Waals surface area (Å²) >= 11 is 2.02. The summed E-state index contributed by atoms with van der Waals surface area (Å²) in [6.45, 7) is 0. The summed E-state index contributed by atoms with van der Waals surface area (Å²) in [6, 6.07) is 77.2. The van der Waals surface area contributed by atoms with Crippen molar-refractivity contribution in [2.75, 3.05) is 9.80 Å². The standard InChI is InChI=1S/C55H42N2OS/c1-6-19-38(20-7-1)53(46-30-18-32-50-54(46)45-29-16-17-31-49(45)58-50)39-33-34-51-47(35-39)55-48(57(42-25-12-4-13-26-42)43-27-14-5-15-28-43)36-44(37-52(55)59-51)56(40-21-8-2-9-22-40)41-23-10-3-11-24-41/h1-35,37,48,52-53,55H,36H2. The molecule has 4 unspecified atom stereocenters. The normalized spacial score (nSPS) is 17.6. The average molecular weight is 779 g/mol. The third-order valence-electron chi connectivity index (χ3n) is 12.1. The van der Waals surface area contributed by atoms with Gasteiger partial charge in [-0.2, -0.15) is 0 Å². The number of benzene rings is 8. The molecule has 0 amide bonds. The summed E-state index contributed by atoms with van der Waals surface area (Å²) < 4.78 is 6.46. The average Bonchev–Trinajstić information content (AvgIpc) is 3.87. The summed E-state index contributed by atoms with van der Waals surface area (Å²) in [6.07, 6.45) is 3.42. The highest BCUT2D eigenvalue weighted by molar-refractivity contribution is 8.00. The van der Waals surface area contributed by atoms with Crippen molar-refractivity contribution in [3.63, 3.8) is 0 Å². The second-order valence-electron chi connectivity index (χ2n) is 15.5. The molecule has 2 aliphatic rings. The molecule has 59 heavy (non-hydrogen) atoms. The summed E-state index contributed by atoms with van der Waals surface area (Å²) in [5.41, 5.74) is 13.1. The predicted octanol–water partition coefficient (Wildman–Crippen LogP) is 14.7. The van der Waals surface area contributed by atoms with Gasteiger partial charge < -0.3 is 14.2 Å². The number of hydrogen-bond acceptors (Lipinski definition) is 4. The number of hydrogen-bond donors (Lipinski definition) is 0. The number of para-hydroxylation sites is 5. The fourth-order valence-corrected chi connectivity index (χ4v) is 11.1. The Bertz CT molecular complexity index is 2830. The maximum absolute atomic E-state index is 6.46. The van der Waals surface area contributed by atoms with Crippen molar-refractivity contribution in [2.45, 2.75) is 34.4 Å². The van der Waals surface area contributed by atoms with E-state index in [4.69, 9.17) is 4.42 Å². The van der Waals surface area contributed by atoms with Crippen molar-refractivity contribution >= 4 is 56.4 Å². The lowest BCUT2D eigenvalue weighted by Gasteiger charge is -2.44. The van der Waals surface area contributed by atoms with E-state index in [1.165, 1.54) is 61.0 Å². The number of fused-ring (bicyclic) bond motifs is 6. The topological polar surface area (TPSA) is 19.6 Å². The predicted molar refractivity (Wildman–Crippen MR) is 246 cm³/mol. The third-order valence-corrected chi connectivity index (χ3v) is 13.5. The summed E-state index contributed by atoms with van der Waals surface area (Å²) in [7, 11) is 0. The Hall–Kier alpha value is -6.75. The number of nitrogens with zero attached hydrogens (tertiary/aromatic N) is 2. The molecular formula is C55H42N2OS. The lowest BCUT2D eigenvalue weighted by Crippen LogP contribution is -2.43. The van der Waals surface area contributed by atoms with Gasteiger partial charge in [-0.25, -0.2) is 0 Å². The van der Waals surface area contributed by atoms with E-state index in [0.29, 0.717) is 0 Å². The van der Waals surface area contributed by atoms with E-state index in [-0.39, 0.29) is 23.1 Å². The highest BCUT2D eigenvalue weighted by atomic mass is 32.2. The van der Waals surface area contributed by atoms with Crippen LogP contribution in [0.1, 0.15) is 40.5 Å². The van der Waals surface area contributed by atoms with Gasteiger partial charge >= 0.3 is 0 Å². The van der Waals surface area contributed by atoms with Crippen LogP contribution in [0.4, 0.5) is 22.7 Å². The SMILES string of the molecule is C1=C(N(c2ccccc2)c2ccccc2)CC(N(c2ccccc2)c2ccccc2)C2c3cc(C(c4ccccc4)c4cccc5oc6ccccc6c45)ccc3SC12. The largest absolute Gasteiger partial charge is 0.456 e. The van der Waals surface area contributed by atoms with E-state index in [2.05, 4.69) is 228 Å². The molecule has 11 rings (SSSR count). The second-order valence-corrected chi connectivity index (χ2v) is 16.8. The second kappa shape index (κ2) is 15.2. The van der Waals surface area contributed by atoms with Crippen LogP contribution in [0.5, 0.6) is 0 Å². The van der Waals surface area contributed by atoms with Gasteiger partial charge in [-0.05, 0) is 89.0 Å². The molecule has 0 bridgehead atoms. The van der Waals surface area contributed by atoms with E-state index >= 15 is 0 Å². The molecule has 0 radical (unpaired) electrons.